The maximum absolute atomic E-state index is 12.3. The number of thioether (sulfide) groups is 1. The Morgan fingerprint density at radius 2 is 1.55 bits per heavy atom. The topological polar surface area (TPSA) is 83.1 Å². The first-order chi connectivity index (χ1) is 23.0. The second kappa shape index (κ2) is 22.1. The average Bonchev–Trinajstić information content (AvgIpc) is 3.08. The van der Waals surface area contributed by atoms with Gasteiger partial charge in [-0.25, -0.2) is 0 Å². The van der Waals surface area contributed by atoms with Crippen LogP contribution in [0.2, 0.25) is 0 Å². The van der Waals surface area contributed by atoms with Crippen molar-refractivity contribution >= 4 is 23.6 Å². The molecule has 0 bridgehead atoms. The van der Waals surface area contributed by atoms with Crippen molar-refractivity contribution in [3.63, 3.8) is 0 Å². The molecule has 0 aliphatic carbocycles. The minimum Gasteiger partial charge on any atom is -0.494 e. The van der Waals surface area contributed by atoms with Crippen LogP contribution in [0.4, 0.5) is 0 Å². The summed E-state index contributed by atoms with van der Waals surface area (Å²) in [4.78, 5) is 25.2. The Morgan fingerprint density at radius 3 is 2.30 bits per heavy atom. The fourth-order valence-corrected chi connectivity index (χ4v) is 5.79. The smallest absolute Gasteiger partial charge is 0.305 e. The van der Waals surface area contributed by atoms with E-state index in [-0.39, 0.29) is 11.9 Å². The normalized spacial score (nSPS) is 10.9. The van der Waals surface area contributed by atoms with Crippen LogP contribution in [-0.2, 0) is 38.5 Å². The van der Waals surface area contributed by atoms with E-state index in [0.29, 0.717) is 65.3 Å². The van der Waals surface area contributed by atoms with Crippen LogP contribution in [0.5, 0.6) is 11.5 Å². The molecule has 0 radical (unpaired) electrons. The van der Waals surface area contributed by atoms with Crippen molar-refractivity contribution in [3.05, 3.63) is 77.4 Å². The van der Waals surface area contributed by atoms with Crippen molar-refractivity contribution in [1.29, 1.82) is 0 Å². The Hall–Kier alpha value is -3.49. The summed E-state index contributed by atoms with van der Waals surface area (Å²) in [6.45, 7) is 9.08. The molecule has 0 aromatic heterocycles. The molecule has 0 saturated carbocycles. The molecule has 47 heavy (non-hydrogen) atoms. The summed E-state index contributed by atoms with van der Waals surface area (Å²) in [6, 6.07) is 21.1. The van der Waals surface area contributed by atoms with Crippen LogP contribution in [0.1, 0.15) is 82.4 Å². The lowest BCUT2D eigenvalue weighted by molar-refractivity contribution is -0.143. The second-order valence-corrected chi connectivity index (χ2v) is 12.2. The van der Waals surface area contributed by atoms with E-state index in [1.54, 1.807) is 18.7 Å². The van der Waals surface area contributed by atoms with Crippen molar-refractivity contribution < 1.29 is 28.5 Å². The molecule has 0 fully saturated rings. The Morgan fingerprint density at radius 1 is 0.766 bits per heavy atom. The Kier molecular flexibility index (Phi) is 17.9. The lowest BCUT2D eigenvalue weighted by atomic mass is 9.96. The highest BCUT2D eigenvalue weighted by atomic mass is 32.2. The van der Waals surface area contributed by atoms with Gasteiger partial charge >= 0.3 is 5.97 Å². The fraction of sp³-hybridized carbons (Fsp3) is 0.487. The monoisotopic (exact) mass is 663 g/mol. The summed E-state index contributed by atoms with van der Waals surface area (Å²) >= 11 is 1.74. The number of carbonyl (C=O) groups is 2. The number of esters is 1. The molecule has 0 aliphatic rings. The van der Waals surface area contributed by atoms with Gasteiger partial charge in [-0.3, -0.25) is 9.59 Å². The van der Waals surface area contributed by atoms with Crippen molar-refractivity contribution in [2.45, 2.75) is 90.1 Å². The lowest BCUT2D eigenvalue weighted by Crippen LogP contribution is -2.23. The van der Waals surface area contributed by atoms with Crippen LogP contribution in [-0.4, -0.2) is 51.1 Å². The zero-order valence-electron chi connectivity index (χ0n) is 28.7. The van der Waals surface area contributed by atoms with E-state index in [4.69, 9.17) is 18.9 Å². The number of benzene rings is 3. The van der Waals surface area contributed by atoms with E-state index in [1.165, 1.54) is 16.0 Å². The molecule has 7 nitrogen and oxygen atoms in total. The third kappa shape index (κ3) is 14.0. The van der Waals surface area contributed by atoms with E-state index < -0.39 is 0 Å². The van der Waals surface area contributed by atoms with Gasteiger partial charge in [-0.05, 0) is 123 Å². The zero-order chi connectivity index (χ0) is 33.7. The van der Waals surface area contributed by atoms with Crippen LogP contribution in [0, 0.1) is 0 Å². The van der Waals surface area contributed by atoms with Crippen molar-refractivity contribution in [1.82, 2.24) is 5.32 Å². The maximum Gasteiger partial charge on any atom is 0.305 e. The quantitative estimate of drug-likeness (QED) is 0.0618. The van der Waals surface area contributed by atoms with E-state index >= 15 is 0 Å². The molecule has 3 aromatic rings. The minimum atomic E-state index is -0.205. The van der Waals surface area contributed by atoms with E-state index in [1.807, 2.05) is 26.0 Å². The second-order valence-electron chi connectivity index (χ2n) is 11.3. The third-order valence-electron chi connectivity index (χ3n) is 7.77. The first-order valence-electron chi connectivity index (χ1n) is 17.1. The van der Waals surface area contributed by atoms with Crippen LogP contribution in [0.25, 0.3) is 11.1 Å². The number of hydrogen-bond acceptors (Lipinski definition) is 7. The molecule has 8 heteroatoms. The van der Waals surface area contributed by atoms with Gasteiger partial charge in [-0.15, -0.1) is 11.8 Å². The summed E-state index contributed by atoms with van der Waals surface area (Å²) in [5, 5.41) is 2.89. The van der Waals surface area contributed by atoms with Gasteiger partial charge in [-0.1, -0.05) is 37.1 Å². The predicted octanol–water partition coefficient (Wildman–Crippen LogP) is 8.58. The number of nitrogens with one attached hydrogen (secondary N) is 1. The lowest BCUT2D eigenvalue weighted by Gasteiger charge is -2.16. The molecule has 1 amide bonds. The van der Waals surface area contributed by atoms with Crippen molar-refractivity contribution in [3.8, 4) is 22.6 Å². The van der Waals surface area contributed by atoms with E-state index in [0.717, 1.165) is 60.3 Å². The Balaban J connectivity index is 1.52. The number of hydrogen-bond donors (Lipinski definition) is 1. The van der Waals surface area contributed by atoms with Crippen molar-refractivity contribution in [2.75, 3.05) is 39.2 Å². The fourth-order valence-electron chi connectivity index (χ4n) is 5.38. The minimum absolute atomic E-state index is 0.0413. The highest BCUT2D eigenvalue weighted by molar-refractivity contribution is 7.98. The first kappa shape index (κ1) is 38.0. The van der Waals surface area contributed by atoms with Crippen LogP contribution >= 0.6 is 11.8 Å². The van der Waals surface area contributed by atoms with E-state index in [2.05, 4.69) is 60.1 Å². The van der Waals surface area contributed by atoms with Crippen LogP contribution < -0.4 is 14.8 Å². The molecule has 256 valence electrons. The third-order valence-corrected chi connectivity index (χ3v) is 8.51. The predicted molar refractivity (Wildman–Crippen MR) is 191 cm³/mol. The number of rotatable bonds is 23. The summed E-state index contributed by atoms with van der Waals surface area (Å²) in [5.41, 5.74) is 5.73. The number of unbranched alkanes of at least 4 members (excludes halogenated alkanes) is 3. The molecule has 0 heterocycles. The first-order valence-corrected chi connectivity index (χ1v) is 18.3. The molecular weight excluding hydrogens is 610 g/mol. The van der Waals surface area contributed by atoms with Crippen LogP contribution in [0.15, 0.2) is 65.6 Å². The number of ether oxygens (including phenoxy) is 4. The Labute approximate surface area is 286 Å². The SMILES string of the molecule is CCNC(=O)CCc1c(CCCCCCOc2cc(COCC)cc(-c3ccc(SC)cc3)c2)cccc1OCCCC(=O)OCC. The summed E-state index contributed by atoms with van der Waals surface area (Å²) in [5.74, 6) is 1.51. The summed E-state index contributed by atoms with van der Waals surface area (Å²) < 4.78 is 23.1. The maximum atomic E-state index is 12.3. The largest absolute Gasteiger partial charge is 0.494 e. The van der Waals surface area contributed by atoms with Gasteiger partial charge in [0.2, 0.25) is 5.91 Å². The molecule has 1 N–H and O–H groups in total. The number of amides is 1. The number of aryl methyl sites for hydroxylation is 1. The molecule has 0 atom stereocenters. The standard InChI is InChI=1S/C39H53NO6S/c1-5-40-38(41)23-22-36-32(15-12-16-37(36)46-25-13-17-39(42)44-7-3)14-10-8-9-11-24-45-34-27-30(29-43-6-2)26-33(28-34)31-18-20-35(47-4)21-19-31/h12,15-16,18-21,26-28H,5-11,13-14,17,22-25,29H2,1-4H3,(H,40,41). The average molecular weight is 664 g/mol. The van der Waals surface area contributed by atoms with Crippen LogP contribution in [0.3, 0.4) is 0 Å². The highest BCUT2D eigenvalue weighted by Crippen LogP contribution is 2.29. The summed E-state index contributed by atoms with van der Waals surface area (Å²) in [7, 11) is 0. The molecule has 0 saturated heterocycles. The molecule has 0 aliphatic heterocycles. The van der Waals surface area contributed by atoms with Gasteiger partial charge in [0.25, 0.3) is 0 Å². The molecule has 0 unspecified atom stereocenters. The zero-order valence-corrected chi connectivity index (χ0v) is 29.6. The van der Waals surface area contributed by atoms with Crippen molar-refractivity contribution in [2.24, 2.45) is 0 Å². The molecule has 3 aromatic carbocycles. The molecule has 0 spiro atoms. The molecular formula is C39H53NO6S. The van der Waals surface area contributed by atoms with Gasteiger partial charge < -0.3 is 24.3 Å². The van der Waals surface area contributed by atoms with Gasteiger partial charge in [0.1, 0.15) is 11.5 Å². The van der Waals surface area contributed by atoms with E-state index in [9.17, 15) is 9.59 Å². The van der Waals surface area contributed by atoms with Gasteiger partial charge in [0.15, 0.2) is 0 Å². The molecule has 3 rings (SSSR count). The summed E-state index contributed by atoms with van der Waals surface area (Å²) in [6.07, 6.45) is 9.13. The van der Waals surface area contributed by atoms with Gasteiger partial charge in [-0.2, -0.15) is 0 Å². The highest BCUT2D eigenvalue weighted by Gasteiger charge is 2.13. The van der Waals surface area contributed by atoms with Gasteiger partial charge in [0.05, 0.1) is 26.4 Å². The van der Waals surface area contributed by atoms with Gasteiger partial charge in [0, 0.05) is 30.9 Å². The Bertz CT molecular complexity index is 1360. The number of carbonyl (C=O) groups excluding carboxylic acids is 2.